The average molecular weight is 377 g/mol. The van der Waals surface area contributed by atoms with Gasteiger partial charge < -0.3 is 9.47 Å². The van der Waals surface area contributed by atoms with Gasteiger partial charge in [-0.3, -0.25) is 0 Å². The summed E-state index contributed by atoms with van der Waals surface area (Å²) in [4.78, 5) is 0. The Morgan fingerprint density at radius 1 is 1.04 bits per heavy atom. The third-order valence-corrected chi connectivity index (χ3v) is 6.28. The maximum Gasteiger partial charge on any atom is 0.190 e. The molecule has 1 aliphatic carbocycles. The van der Waals surface area contributed by atoms with Gasteiger partial charge in [0.2, 0.25) is 0 Å². The van der Waals surface area contributed by atoms with Crippen molar-refractivity contribution in [3.05, 3.63) is 59.7 Å². The van der Waals surface area contributed by atoms with Gasteiger partial charge in [-0.1, -0.05) is 37.5 Å². The second-order valence-corrected chi connectivity index (χ2v) is 8.05. The fourth-order valence-corrected chi connectivity index (χ4v) is 4.88. The van der Waals surface area contributed by atoms with E-state index in [4.69, 9.17) is 14.6 Å². The van der Waals surface area contributed by atoms with E-state index < -0.39 is 0 Å². The predicted octanol–water partition coefficient (Wildman–Crippen LogP) is 5.54. The summed E-state index contributed by atoms with van der Waals surface area (Å²) < 4.78 is 12.1. The van der Waals surface area contributed by atoms with Crippen LogP contribution in [0.25, 0.3) is 0 Å². The molecule has 2 aromatic rings. The Bertz CT molecular complexity index is 855. The molecule has 4 heteroatoms. The van der Waals surface area contributed by atoms with Crippen molar-refractivity contribution in [3.63, 3.8) is 0 Å². The van der Waals surface area contributed by atoms with Gasteiger partial charge in [0.1, 0.15) is 11.5 Å². The van der Waals surface area contributed by atoms with E-state index in [-0.39, 0.29) is 12.3 Å². The molecule has 0 radical (unpaired) electrons. The first-order valence-corrected chi connectivity index (χ1v) is 10.7. The van der Waals surface area contributed by atoms with Gasteiger partial charge in [0.25, 0.3) is 0 Å². The van der Waals surface area contributed by atoms with Crippen molar-refractivity contribution in [1.29, 1.82) is 0 Å². The van der Waals surface area contributed by atoms with Crippen LogP contribution in [0.3, 0.4) is 0 Å². The molecule has 0 saturated heterocycles. The van der Waals surface area contributed by atoms with E-state index >= 15 is 0 Å². The molecule has 0 bridgehead atoms. The lowest BCUT2D eigenvalue weighted by molar-refractivity contribution is -0.0643. The number of benzene rings is 2. The second-order valence-electron chi connectivity index (χ2n) is 8.05. The lowest BCUT2D eigenvalue weighted by Gasteiger charge is -2.42. The average Bonchev–Trinajstić information content (AvgIpc) is 3.20. The fraction of sp³-hybridized carbons (Fsp3) is 0.458. The Kier molecular flexibility index (Phi) is 4.71. The highest BCUT2D eigenvalue weighted by Gasteiger charge is 2.43. The summed E-state index contributed by atoms with van der Waals surface area (Å²) in [6.45, 7) is 2.70. The largest absolute Gasteiger partial charge is 0.494 e. The summed E-state index contributed by atoms with van der Waals surface area (Å²) >= 11 is 0. The minimum Gasteiger partial charge on any atom is -0.494 e. The number of rotatable bonds is 4. The number of fused-ring (bicyclic) bond motifs is 3. The molecule has 2 atom stereocenters. The molecule has 0 N–H and O–H groups in total. The van der Waals surface area contributed by atoms with Gasteiger partial charge in [-0.2, -0.15) is 5.10 Å². The predicted molar refractivity (Wildman–Crippen MR) is 111 cm³/mol. The van der Waals surface area contributed by atoms with Crippen molar-refractivity contribution in [2.24, 2.45) is 11.0 Å². The van der Waals surface area contributed by atoms with E-state index in [9.17, 15) is 0 Å². The van der Waals surface area contributed by atoms with Crippen molar-refractivity contribution < 1.29 is 9.47 Å². The van der Waals surface area contributed by atoms with Crippen LogP contribution in [0.5, 0.6) is 11.5 Å². The first-order chi connectivity index (χ1) is 13.8. The van der Waals surface area contributed by atoms with Crippen LogP contribution in [0.15, 0.2) is 53.6 Å². The van der Waals surface area contributed by atoms with E-state index in [1.807, 2.05) is 19.1 Å². The van der Waals surface area contributed by atoms with Crippen molar-refractivity contribution in [3.8, 4) is 11.5 Å². The van der Waals surface area contributed by atoms with Gasteiger partial charge in [0, 0.05) is 17.9 Å². The van der Waals surface area contributed by atoms with E-state index in [1.165, 1.54) is 43.2 Å². The van der Waals surface area contributed by atoms with Crippen LogP contribution >= 0.6 is 0 Å². The maximum atomic E-state index is 6.52. The van der Waals surface area contributed by atoms with Crippen LogP contribution in [0.2, 0.25) is 0 Å². The summed E-state index contributed by atoms with van der Waals surface area (Å²) in [5.74, 6) is 2.52. The molecule has 2 heterocycles. The molecule has 2 aliphatic heterocycles. The highest BCUT2D eigenvalue weighted by atomic mass is 16.5. The van der Waals surface area contributed by atoms with Crippen LogP contribution in [0, 0.1) is 5.92 Å². The number of hydrogen-bond acceptors (Lipinski definition) is 4. The van der Waals surface area contributed by atoms with Crippen LogP contribution in [0.1, 0.15) is 62.6 Å². The highest BCUT2D eigenvalue weighted by Crippen LogP contribution is 2.46. The minimum atomic E-state index is 0.0559. The third kappa shape index (κ3) is 3.15. The lowest BCUT2D eigenvalue weighted by Crippen LogP contribution is -2.45. The van der Waals surface area contributed by atoms with Gasteiger partial charge >= 0.3 is 0 Å². The molecule has 146 valence electrons. The fourth-order valence-electron chi connectivity index (χ4n) is 4.88. The van der Waals surface area contributed by atoms with Gasteiger partial charge in [0.15, 0.2) is 6.23 Å². The highest BCUT2D eigenvalue weighted by molar-refractivity contribution is 6.02. The zero-order valence-electron chi connectivity index (χ0n) is 16.5. The molecular formula is C24H28N2O2. The number of ether oxygens (including phenoxy) is 2. The minimum absolute atomic E-state index is 0.0559. The van der Waals surface area contributed by atoms with Gasteiger partial charge in [-0.05, 0) is 55.7 Å². The third-order valence-electron chi connectivity index (χ3n) is 6.28. The van der Waals surface area contributed by atoms with E-state index in [1.54, 1.807) is 0 Å². The van der Waals surface area contributed by atoms with E-state index in [0.29, 0.717) is 12.5 Å². The summed E-state index contributed by atoms with van der Waals surface area (Å²) in [6.07, 6.45) is 7.43. The van der Waals surface area contributed by atoms with E-state index in [2.05, 4.69) is 41.4 Å². The molecular weight excluding hydrogens is 348 g/mol. The first-order valence-electron chi connectivity index (χ1n) is 10.7. The van der Waals surface area contributed by atoms with Gasteiger partial charge in [-0.15, -0.1) is 0 Å². The Morgan fingerprint density at radius 2 is 1.82 bits per heavy atom. The summed E-state index contributed by atoms with van der Waals surface area (Å²) in [7, 11) is 0. The molecule has 2 aromatic carbocycles. The molecule has 1 saturated carbocycles. The Balaban J connectivity index is 1.47. The first kappa shape index (κ1) is 17.6. The topological polar surface area (TPSA) is 34.1 Å². The normalized spacial score (nSPS) is 24.2. The summed E-state index contributed by atoms with van der Waals surface area (Å²) in [6, 6.07) is 17.1. The van der Waals surface area contributed by atoms with Crippen molar-refractivity contribution in [2.45, 2.75) is 57.7 Å². The number of hydrogen-bond donors (Lipinski definition) is 0. The summed E-state index contributed by atoms with van der Waals surface area (Å²) in [5.41, 5.74) is 3.59. The lowest BCUT2D eigenvalue weighted by atomic mass is 9.86. The molecule has 4 nitrogen and oxygen atoms in total. The maximum absolute atomic E-state index is 6.52. The molecule has 0 amide bonds. The van der Waals surface area contributed by atoms with Crippen molar-refractivity contribution in [2.75, 3.05) is 6.61 Å². The second kappa shape index (κ2) is 7.50. The Morgan fingerprint density at radius 3 is 2.61 bits per heavy atom. The van der Waals surface area contributed by atoms with E-state index in [0.717, 1.165) is 23.6 Å². The molecule has 3 aliphatic rings. The zero-order valence-corrected chi connectivity index (χ0v) is 16.5. The SMILES string of the molecule is CCOc1ccc(C2=NN3C(C2)c2ccccc2OC3C2CCCCC2)cc1. The molecule has 5 rings (SSSR count). The quantitative estimate of drug-likeness (QED) is 0.703. The van der Waals surface area contributed by atoms with Crippen LogP contribution < -0.4 is 9.47 Å². The van der Waals surface area contributed by atoms with Crippen LogP contribution in [-0.4, -0.2) is 23.6 Å². The van der Waals surface area contributed by atoms with Gasteiger partial charge in [0.05, 0.1) is 18.4 Å². The Hall–Kier alpha value is -2.49. The van der Waals surface area contributed by atoms with Crippen molar-refractivity contribution >= 4 is 5.71 Å². The zero-order chi connectivity index (χ0) is 18.9. The smallest absolute Gasteiger partial charge is 0.190 e. The monoisotopic (exact) mass is 376 g/mol. The van der Waals surface area contributed by atoms with Crippen molar-refractivity contribution in [1.82, 2.24) is 5.01 Å². The standard InChI is InChI=1S/C24H28N2O2/c1-2-27-19-14-12-17(13-15-19)21-16-22-20-10-6-7-11-23(20)28-24(26(22)25-21)18-8-4-3-5-9-18/h6-7,10-15,18,22,24H,2-5,8-9,16H2,1H3. The molecule has 28 heavy (non-hydrogen) atoms. The molecule has 0 aromatic heterocycles. The summed E-state index contributed by atoms with van der Waals surface area (Å²) in [5, 5.41) is 7.36. The van der Waals surface area contributed by atoms with Crippen LogP contribution in [0.4, 0.5) is 0 Å². The molecule has 0 spiro atoms. The van der Waals surface area contributed by atoms with Crippen LogP contribution in [-0.2, 0) is 0 Å². The number of para-hydroxylation sites is 1. The molecule has 1 fully saturated rings. The van der Waals surface area contributed by atoms with Gasteiger partial charge in [-0.25, -0.2) is 5.01 Å². The molecule has 2 unspecified atom stereocenters. The number of nitrogens with zero attached hydrogens (tertiary/aromatic N) is 2. The Labute approximate surface area is 167 Å². The number of hydrazone groups is 1.